The van der Waals surface area contributed by atoms with Gasteiger partial charge in [-0.2, -0.15) is 18.4 Å². The lowest BCUT2D eigenvalue weighted by Gasteiger charge is -2.11. The molecule has 0 saturated heterocycles. The van der Waals surface area contributed by atoms with Gasteiger partial charge in [-0.05, 0) is 23.9 Å². The van der Waals surface area contributed by atoms with Gasteiger partial charge in [-0.1, -0.05) is 0 Å². The van der Waals surface area contributed by atoms with E-state index in [1.807, 2.05) is 0 Å². The second kappa shape index (κ2) is 5.27. The molecule has 0 fully saturated rings. The lowest BCUT2D eigenvalue weighted by Crippen LogP contribution is -2.10. The molecule has 0 N–H and O–H groups in total. The standard InChI is InChI=1S/C10H5F4NO2S/c1-17-9(16)7-6(18-10(12,13)14)3-2-5(4-15)8(7)11/h2-3H,1H3. The fraction of sp³-hybridized carbons (Fsp3) is 0.200. The summed E-state index contributed by atoms with van der Waals surface area (Å²) in [6, 6.07) is 3.16. The van der Waals surface area contributed by atoms with Gasteiger partial charge in [-0.25, -0.2) is 9.18 Å². The number of esters is 1. The predicted molar refractivity (Wildman–Crippen MR) is 54.4 cm³/mol. The largest absolute Gasteiger partial charge is 0.465 e. The van der Waals surface area contributed by atoms with Crippen LogP contribution >= 0.6 is 11.8 Å². The summed E-state index contributed by atoms with van der Waals surface area (Å²) in [5, 5.41) is 8.55. The van der Waals surface area contributed by atoms with Crippen molar-refractivity contribution < 1.29 is 27.1 Å². The molecule has 0 unspecified atom stereocenters. The fourth-order valence-corrected chi connectivity index (χ4v) is 1.81. The summed E-state index contributed by atoms with van der Waals surface area (Å²) in [5.41, 5.74) is -6.09. The summed E-state index contributed by atoms with van der Waals surface area (Å²) < 4.78 is 54.5. The third-order valence-electron chi connectivity index (χ3n) is 1.84. The van der Waals surface area contributed by atoms with Crippen molar-refractivity contribution in [3.05, 3.63) is 29.1 Å². The number of rotatable bonds is 2. The third-order valence-corrected chi connectivity index (χ3v) is 2.63. The van der Waals surface area contributed by atoms with Gasteiger partial charge in [0.25, 0.3) is 0 Å². The number of ether oxygens (including phenoxy) is 1. The van der Waals surface area contributed by atoms with Gasteiger partial charge in [0.1, 0.15) is 11.6 Å². The van der Waals surface area contributed by atoms with Gasteiger partial charge in [0, 0.05) is 4.90 Å². The first-order chi connectivity index (χ1) is 8.30. The maximum atomic E-state index is 13.6. The number of alkyl halides is 3. The van der Waals surface area contributed by atoms with Crippen LogP contribution in [0.25, 0.3) is 0 Å². The maximum Gasteiger partial charge on any atom is 0.446 e. The van der Waals surface area contributed by atoms with Crippen LogP contribution in [-0.4, -0.2) is 18.6 Å². The molecule has 1 aromatic rings. The van der Waals surface area contributed by atoms with Crippen molar-refractivity contribution in [2.75, 3.05) is 7.11 Å². The van der Waals surface area contributed by atoms with Crippen molar-refractivity contribution in [3.8, 4) is 6.07 Å². The van der Waals surface area contributed by atoms with Crippen molar-refractivity contribution in [2.24, 2.45) is 0 Å². The van der Waals surface area contributed by atoms with Crippen LogP contribution in [0.4, 0.5) is 17.6 Å². The molecule has 0 aliphatic carbocycles. The lowest BCUT2D eigenvalue weighted by molar-refractivity contribution is -0.0328. The average molecular weight is 279 g/mol. The van der Waals surface area contributed by atoms with E-state index in [-0.39, 0.29) is 0 Å². The Morgan fingerprint density at radius 2 is 2.06 bits per heavy atom. The Bertz CT molecular complexity index is 522. The quantitative estimate of drug-likeness (QED) is 0.474. The highest BCUT2D eigenvalue weighted by molar-refractivity contribution is 8.00. The number of carbonyl (C=O) groups excluding carboxylic acids is 1. The first kappa shape index (κ1) is 14.3. The van der Waals surface area contributed by atoms with Crippen molar-refractivity contribution >= 4 is 17.7 Å². The third kappa shape index (κ3) is 3.13. The minimum atomic E-state index is -4.68. The molecule has 3 nitrogen and oxygen atoms in total. The summed E-state index contributed by atoms with van der Waals surface area (Å²) in [4.78, 5) is 10.6. The molecular formula is C10H5F4NO2S. The molecule has 0 aliphatic rings. The summed E-state index contributed by atoms with van der Waals surface area (Å²) >= 11 is -0.646. The second-order valence-corrected chi connectivity index (χ2v) is 4.06. The van der Waals surface area contributed by atoms with E-state index in [0.717, 1.165) is 19.2 Å². The van der Waals surface area contributed by atoms with Crippen molar-refractivity contribution in [2.45, 2.75) is 10.4 Å². The minimum Gasteiger partial charge on any atom is -0.465 e. The van der Waals surface area contributed by atoms with Crippen LogP contribution in [0.1, 0.15) is 15.9 Å². The van der Waals surface area contributed by atoms with Crippen LogP contribution in [0.2, 0.25) is 0 Å². The number of methoxy groups -OCH3 is 1. The lowest BCUT2D eigenvalue weighted by atomic mass is 10.1. The van der Waals surface area contributed by atoms with Gasteiger partial charge in [-0.3, -0.25) is 0 Å². The van der Waals surface area contributed by atoms with Crippen LogP contribution in [0.15, 0.2) is 17.0 Å². The molecule has 1 rings (SSSR count). The molecule has 0 aliphatic heterocycles. The summed E-state index contributed by atoms with van der Waals surface area (Å²) in [7, 11) is 0.906. The molecule has 96 valence electrons. The number of thioether (sulfide) groups is 1. The molecule has 0 spiro atoms. The molecule has 0 amide bonds. The highest BCUT2D eigenvalue weighted by atomic mass is 32.2. The number of hydrogen-bond donors (Lipinski definition) is 0. The summed E-state index contributed by atoms with van der Waals surface area (Å²) in [5.74, 6) is -2.59. The molecule has 0 aromatic heterocycles. The zero-order chi connectivity index (χ0) is 13.9. The van der Waals surface area contributed by atoms with Crippen LogP contribution in [0.5, 0.6) is 0 Å². The van der Waals surface area contributed by atoms with Crippen LogP contribution in [0.3, 0.4) is 0 Å². The number of carbonyl (C=O) groups is 1. The highest BCUT2D eigenvalue weighted by Crippen LogP contribution is 2.39. The van der Waals surface area contributed by atoms with Crippen LogP contribution in [0, 0.1) is 17.1 Å². The predicted octanol–water partition coefficient (Wildman–Crippen LogP) is 3.10. The fourth-order valence-electron chi connectivity index (χ4n) is 1.15. The molecule has 0 heterocycles. The molecule has 0 radical (unpaired) electrons. The van der Waals surface area contributed by atoms with Gasteiger partial charge in [0.05, 0.1) is 12.7 Å². The number of halogens is 4. The van der Waals surface area contributed by atoms with Gasteiger partial charge in [-0.15, -0.1) is 0 Å². The van der Waals surface area contributed by atoms with E-state index < -0.39 is 45.1 Å². The van der Waals surface area contributed by atoms with Gasteiger partial charge in [0.2, 0.25) is 0 Å². The zero-order valence-electron chi connectivity index (χ0n) is 8.84. The van der Waals surface area contributed by atoms with E-state index in [4.69, 9.17) is 5.26 Å². The molecule has 8 heteroatoms. The molecule has 18 heavy (non-hydrogen) atoms. The number of benzene rings is 1. The van der Waals surface area contributed by atoms with Crippen LogP contribution < -0.4 is 0 Å². The van der Waals surface area contributed by atoms with E-state index in [0.29, 0.717) is 0 Å². The Morgan fingerprint density at radius 3 is 2.50 bits per heavy atom. The SMILES string of the molecule is COC(=O)c1c(SC(F)(F)F)ccc(C#N)c1F. The van der Waals surface area contributed by atoms with Gasteiger partial charge < -0.3 is 4.74 Å². The molecular weight excluding hydrogens is 274 g/mol. The van der Waals surface area contributed by atoms with E-state index in [1.165, 1.54) is 6.07 Å². The summed E-state index contributed by atoms with van der Waals surface area (Å²) in [6.45, 7) is 0. The van der Waals surface area contributed by atoms with Crippen molar-refractivity contribution in [3.63, 3.8) is 0 Å². The van der Waals surface area contributed by atoms with E-state index >= 15 is 0 Å². The Morgan fingerprint density at radius 1 is 1.44 bits per heavy atom. The topological polar surface area (TPSA) is 50.1 Å². The monoisotopic (exact) mass is 279 g/mol. The Balaban J connectivity index is 3.40. The minimum absolute atomic E-state index is 0.526. The van der Waals surface area contributed by atoms with Gasteiger partial charge >= 0.3 is 11.5 Å². The van der Waals surface area contributed by atoms with E-state index in [9.17, 15) is 22.4 Å². The number of hydrogen-bond acceptors (Lipinski definition) is 4. The van der Waals surface area contributed by atoms with Crippen molar-refractivity contribution in [1.82, 2.24) is 0 Å². The highest BCUT2D eigenvalue weighted by Gasteiger charge is 2.33. The Kier molecular flexibility index (Phi) is 4.19. The van der Waals surface area contributed by atoms with Crippen molar-refractivity contribution in [1.29, 1.82) is 5.26 Å². The molecule has 0 atom stereocenters. The number of nitriles is 1. The number of nitrogens with zero attached hydrogens (tertiary/aromatic N) is 1. The average Bonchev–Trinajstić information content (AvgIpc) is 2.26. The Hall–Kier alpha value is -1.75. The van der Waals surface area contributed by atoms with E-state index in [1.54, 1.807) is 0 Å². The maximum absolute atomic E-state index is 13.6. The van der Waals surface area contributed by atoms with Crippen LogP contribution in [-0.2, 0) is 4.74 Å². The molecule has 1 aromatic carbocycles. The molecule has 0 bridgehead atoms. The first-order valence-electron chi connectivity index (χ1n) is 4.36. The zero-order valence-corrected chi connectivity index (χ0v) is 9.66. The summed E-state index contributed by atoms with van der Waals surface area (Å²) in [6.07, 6.45) is 0. The van der Waals surface area contributed by atoms with E-state index in [2.05, 4.69) is 4.74 Å². The smallest absolute Gasteiger partial charge is 0.446 e. The first-order valence-corrected chi connectivity index (χ1v) is 5.18. The van der Waals surface area contributed by atoms with Gasteiger partial charge in [0.15, 0.2) is 5.82 Å². The second-order valence-electron chi connectivity index (χ2n) is 2.95. The Labute approximate surface area is 103 Å². The molecule has 0 saturated carbocycles. The normalized spacial score (nSPS) is 10.9.